The summed E-state index contributed by atoms with van der Waals surface area (Å²) in [4.78, 5) is 0. The standard InChI is InChI=1S/C15H17N3O/c1-16-8-12-17-18-15(19-12)14-11-7-6-9-4-2-3-5-10(9)13(11)14/h2-5,11,13-14,16H,6-8H2,1H3. The highest BCUT2D eigenvalue weighted by Gasteiger charge is 2.56. The van der Waals surface area contributed by atoms with E-state index in [0.29, 0.717) is 30.2 Å². The Morgan fingerprint density at radius 3 is 3.05 bits per heavy atom. The molecular formula is C15H17N3O. The van der Waals surface area contributed by atoms with Gasteiger partial charge in [-0.2, -0.15) is 0 Å². The maximum Gasteiger partial charge on any atom is 0.230 e. The molecule has 4 nitrogen and oxygen atoms in total. The summed E-state index contributed by atoms with van der Waals surface area (Å²) in [5, 5.41) is 11.4. The monoisotopic (exact) mass is 255 g/mol. The van der Waals surface area contributed by atoms with E-state index in [0.717, 1.165) is 5.89 Å². The lowest BCUT2D eigenvalue weighted by atomic mass is 9.92. The van der Waals surface area contributed by atoms with E-state index >= 15 is 0 Å². The minimum Gasteiger partial charge on any atom is -0.424 e. The number of aromatic nitrogens is 2. The Kier molecular flexibility index (Phi) is 2.45. The Labute approximate surface area is 112 Å². The molecule has 3 atom stereocenters. The van der Waals surface area contributed by atoms with E-state index in [1.54, 1.807) is 0 Å². The summed E-state index contributed by atoms with van der Waals surface area (Å²) in [6, 6.07) is 8.78. The zero-order valence-electron chi connectivity index (χ0n) is 11.0. The molecule has 3 unspecified atom stereocenters. The predicted molar refractivity (Wildman–Crippen MR) is 70.8 cm³/mol. The minimum absolute atomic E-state index is 0.446. The van der Waals surface area contributed by atoms with Crippen molar-refractivity contribution < 1.29 is 4.42 Å². The van der Waals surface area contributed by atoms with Gasteiger partial charge in [0, 0.05) is 5.92 Å². The Morgan fingerprint density at radius 2 is 2.16 bits per heavy atom. The van der Waals surface area contributed by atoms with Crippen LogP contribution in [0.5, 0.6) is 0 Å². The van der Waals surface area contributed by atoms with Crippen molar-refractivity contribution in [3.05, 3.63) is 47.2 Å². The molecule has 4 heteroatoms. The average Bonchev–Trinajstić information content (AvgIpc) is 3.02. The van der Waals surface area contributed by atoms with Crippen LogP contribution in [-0.4, -0.2) is 17.2 Å². The summed E-state index contributed by atoms with van der Waals surface area (Å²) in [7, 11) is 1.89. The second kappa shape index (κ2) is 4.17. The number of aryl methyl sites for hydroxylation is 1. The lowest BCUT2D eigenvalue weighted by Crippen LogP contribution is -2.04. The van der Waals surface area contributed by atoms with Crippen molar-refractivity contribution in [1.82, 2.24) is 15.5 Å². The summed E-state index contributed by atoms with van der Waals surface area (Å²) < 4.78 is 5.77. The predicted octanol–water partition coefficient (Wildman–Crippen LogP) is 2.23. The fraction of sp³-hybridized carbons (Fsp3) is 0.467. The topological polar surface area (TPSA) is 51.0 Å². The van der Waals surface area contributed by atoms with E-state index in [9.17, 15) is 0 Å². The highest BCUT2D eigenvalue weighted by Crippen LogP contribution is 2.64. The molecule has 1 heterocycles. The van der Waals surface area contributed by atoms with E-state index in [-0.39, 0.29) is 0 Å². The van der Waals surface area contributed by atoms with E-state index in [1.807, 2.05) is 7.05 Å². The van der Waals surface area contributed by atoms with Gasteiger partial charge < -0.3 is 9.73 Å². The average molecular weight is 255 g/mol. The van der Waals surface area contributed by atoms with Crippen LogP contribution in [0.25, 0.3) is 0 Å². The van der Waals surface area contributed by atoms with Gasteiger partial charge in [-0.1, -0.05) is 24.3 Å². The van der Waals surface area contributed by atoms with Crippen molar-refractivity contribution in [3.63, 3.8) is 0 Å². The zero-order valence-corrected chi connectivity index (χ0v) is 11.0. The summed E-state index contributed by atoms with van der Waals surface area (Å²) in [6.45, 7) is 0.644. The number of benzene rings is 1. The third-order valence-electron chi connectivity index (χ3n) is 4.43. The number of nitrogens with zero attached hydrogens (tertiary/aromatic N) is 2. The molecule has 19 heavy (non-hydrogen) atoms. The van der Waals surface area contributed by atoms with Gasteiger partial charge in [-0.15, -0.1) is 10.2 Å². The first kappa shape index (κ1) is 11.2. The van der Waals surface area contributed by atoms with Crippen molar-refractivity contribution in [2.75, 3.05) is 7.05 Å². The lowest BCUT2D eigenvalue weighted by Gasteiger charge is -2.13. The van der Waals surface area contributed by atoms with Crippen LogP contribution in [0.4, 0.5) is 0 Å². The van der Waals surface area contributed by atoms with Gasteiger partial charge in [-0.05, 0) is 42.9 Å². The normalized spacial score (nSPS) is 27.7. The van der Waals surface area contributed by atoms with Crippen LogP contribution >= 0.6 is 0 Å². The van der Waals surface area contributed by atoms with Crippen LogP contribution in [0.2, 0.25) is 0 Å². The number of hydrogen-bond acceptors (Lipinski definition) is 4. The highest BCUT2D eigenvalue weighted by molar-refractivity contribution is 5.42. The van der Waals surface area contributed by atoms with Gasteiger partial charge in [0.2, 0.25) is 11.8 Å². The largest absolute Gasteiger partial charge is 0.424 e. The van der Waals surface area contributed by atoms with Crippen LogP contribution in [0.3, 0.4) is 0 Å². The first-order valence-corrected chi connectivity index (χ1v) is 6.93. The van der Waals surface area contributed by atoms with Gasteiger partial charge in [-0.3, -0.25) is 0 Å². The molecule has 0 radical (unpaired) electrons. The van der Waals surface area contributed by atoms with Gasteiger partial charge in [-0.25, -0.2) is 0 Å². The smallest absolute Gasteiger partial charge is 0.230 e. The third-order valence-corrected chi connectivity index (χ3v) is 4.43. The van der Waals surface area contributed by atoms with Gasteiger partial charge in [0.05, 0.1) is 6.54 Å². The third kappa shape index (κ3) is 1.70. The Bertz CT molecular complexity index is 607. The molecular weight excluding hydrogens is 238 g/mol. The molecule has 1 aromatic carbocycles. The molecule has 0 saturated heterocycles. The van der Waals surface area contributed by atoms with Crippen LogP contribution in [0.15, 0.2) is 28.7 Å². The molecule has 2 aliphatic rings. The molecule has 1 fully saturated rings. The molecule has 98 valence electrons. The van der Waals surface area contributed by atoms with Crippen LogP contribution < -0.4 is 5.32 Å². The van der Waals surface area contributed by atoms with Crippen molar-refractivity contribution in [1.29, 1.82) is 0 Å². The molecule has 0 aliphatic heterocycles. The maximum atomic E-state index is 5.77. The molecule has 1 aromatic heterocycles. The van der Waals surface area contributed by atoms with Crippen molar-refractivity contribution in [2.24, 2.45) is 5.92 Å². The van der Waals surface area contributed by atoms with Gasteiger partial charge >= 0.3 is 0 Å². The molecule has 0 spiro atoms. The van der Waals surface area contributed by atoms with E-state index in [2.05, 4.69) is 39.8 Å². The van der Waals surface area contributed by atoms with Crippen LogP contribution in [-0.2, 0) is 13.0 Å². The van der Waals surface area contributed by atoms with Gasteiger partial charge in [0.1, 0.15) is 0 Å². The quantitative estimate of drug-likeness (QED) is 0.913. The molecule has 4 rings (SSSR count). The van der Waals surface area contributed by atoms with Crippen LogP contribution in [0.1, 0.15) is 41.2 Å². The van der Waals surface area contributed by atoms with E-state index in [1.165, 1.54) is 24.0 Å². The van der Waals surface area contributed by atoms with Crippen LogP contribution in [0, 0.1) is 5.92 Å². The number of fused-ring (bicyclic) bond motifs is 3. The molecule has 0 amide bonds. The van der Waals surface area contributed by atoms with E-state index < -0.39 is 0 Å². The first-order chi connectivity index (χ1) is 9.38. The second-order valence-electron chi connectivity index (χ2n) is 5.52. The molecule has 0 bridgehead atoms. The highest BCUT2D eigenvalue weighted by atomic mass is 16.4. The van der Waals surface area contributed by atoms with Crippen molar-refractivity contribution >= 4 is 0 Å². The SMILES string of the molecule is CNCc1nnc(C2C3CCc4ccccc4C32)o1. The summed E-state index contributed by atoms with van der Waals surface area (Å²) in [6.07, 6.45) is 2.43. The Balaban J connectivity index is 1.62. The number of rotatable bonds is 3. The zero-order chi connectivity index (χ0) is 12.8. The number of nitrogens with one attached hydrogen (secondary N) is 1. The van der Waals surface area contributed by atoms with Crippen molar-refractivity contribution in [2.45, 2.75) is 31.2 Å². The Morgan fingerprint density at radius 1 is 1.26 bits per heavy atom. The first-order valence-electron chi connectivity index (χ1n) is 6.93. The fourth-order valence-electron chi connectivity index (χ4n) is 3.53. The molecule has 2 aromatic rings. The summed E-state index contributed by atoms with van der Waals surface area (Å²) in [5.41, 5.74) is 3.00. The minimum atomic E-state index is 0.446. The summed E-state index contributed by atoms with van der Waals surface area (Å²) in [5.74, 6) is 3.28. The molecule has 1 saturated carbocycles. The maximum absolute atomic E-state index is 5.77. The van der Waals surface area contributed by atoms with Gasteiger partial charge in [0.15, 0.2) is 0 Å². The van der Waals surface area contributed by atoms with Crippen molar-refractivity contribution in [3.8, 4) is 0 Å². The summed E-state index contributed by atoms with van der Waals surface area (Å²) >= 11 is 0. The van der Waals surface area contributed by atoms with Gasteiger partial charge in [0.25, 0.3) is 0 Å². The Hall–Kier alpha value is -1.68. The molecule has 1 N–H and O–H groups in total. The second-order valence-corrected chi connectivity index (χ2v) is 5.52. The molecule has 2 aliphatic carbocycles. The fourth-order valence-corrected chi connectivity index (χ4v) is 3.53. The lowest BCUT2D eigenvalue weighted by molar-refractivity contribution is 0.434. The van der Waals surface area contributed by atoms with E-state index in [4.69, 9.17) is 4.42 Å². The number of hydrogen-bond donors (Lipinski definition) is 1.